The Morgan fingerprint density at radius 2 is 1.79 bits per heavy atom. The SMILES string of the molecule is COc1ccc(Oc2coc3cc(OCC#N)ccc3c2=O)cc1. The van der Waals surface area contributed by atoms with Crippen molar-refractivity contribution >= 4 is 11.0 Å². The summed E-state index contributed by atoms with van der Waals surface area (Å²) < 4.78 is 21.3. The molecule has 0 saturated carbocycles. The molecule has 3 rings (SSSR count). The predicted molar refractivity (Wildman–Crippen MR) is 86.7 cm³/mol. The van der Waals surface area contributed by atoms with Gasteiger partial charge >= 0.3 is 0 Å². The van der Waals surface area contributed by atoms with Crippen molar-refractivity contribution in [1.29, 1.82) is 5.26 Å². The Hall–Kier alpha value is -3.46. The number of hydrogen-bond acceptors (Lipinski definition) is 6. The fraction of sp³-hybridized carbons (Fsp3) is 0.111. The van der Waals surface area contributed by atoms with E-state index in [4.69, 9.17) is 23.9 Å². The topological polar surface area (TPSA) is 81.7 Å². The molecule has 0 radical (unpaired) electrons. The van der Waals surface area contributed by atoms with Gasteiger partial charge in [-0.15, -0.1) is 0 Å². The van der Waals surface area contributed by atoms with Crippen molar-refractivity contribution in [3.05, 3.63) is 59.0 Å². The number of fused-ring (bicyclic) bond motifs is 1. The minimum absolute atomic E-state index is 0.0750. The smallest absolute Gasteiger partial charge is 0.235 e. The fourth-order valence-corrected chi connectivity index (χ4v) is 2.14. The molecule has 0 amide bonds. The Labute approximate surface area is 137 Å². The third-order valence-corrected chi connectivity index (χ3v) is 3.31. The van der Waals surface area contributed by atoms with Gasteiger partial charge in [-0.2, -0.15) is 5.26 Å². The lowest BCUT2D eigenvalue weighted by Gasteiger charge is -2.07. The molecule has 1 aromatic heterocycles. The van der Waals surface area contributed by atoms with Crippen molar-refractivity contribution in [2.75, 3.05) is 13.7 Å². The molecule has 0 atom stereocenters. The zero-order chi connectivity index (χ0) is 16.9. The summed E-state index contributed by atoms with van der Waals surface area (Å²) in [5.41, 5.74) is 0.0661. The molecule has 1 heterocycles. The second kappa shape index (κ2) is 6.75. The van der Waals surface area contributed by atoms with Gasteiger partial charge in [-0.25, -0.2) is 0 Å². The van der Waals surface area contributed by atoms with E-state index in [0.717, 1.165) is 0 Å². The number of nitrogens with zero attached hydrogens (tertiary/aromatic N) is 1. The van der Waals surface area contributed by atoms with Gasteiger partial charge in [-0.3, -0.25) is 4.79 Å². The maximum atomic E-state index is 12.5. The zero-order valence-electron chi connectivity index (χ0n) is 12.8. The Morgan fingerprint density at radius 1 is 1.08 bits per heavy atom. The lowest BCUT2D eigenvalue weighted by molar-refractivity contribution is 0.367. The van der Waals surface area contributed by atoms with E-state index in [1.54, 1.807) is 49.6 Å². The lowest BCUT2D eigenvalue weighted by atomic mass is 10.2. The van der Waals surface area contributed by atoms with Gasteiger partial charge in [0.25, 0.3) is 0 Å². The van der Waals surface area contributed by atoms with Crippen LogP contribution in [0.4, 0.5) is 0 Å². The molecule has 6 nitrogen and oxygen atoms in total. The molecule has 0 saturated heterocycles. The van der Waals surface area contributed by atoms with Crippen molar-refractivity contribution in [2.24, 2.45) is 0 Å². The second-order valence-electron chi connectivity index (χ2n) is 4.81. The van der Waals surface area contributed by atoms with E-state index in [2.05, 4.69) is 0 Å². The second-order valence-corrected chi connectivity index (χ2v) is 4.81. The summed E-state index contributed by atoms with van der Waals surface area (Å²) in [5.74, 6) is 1.73. The summed E-state index contributed by atoms with van der Waals surface area (Å²) in [4.78, 5) is 12.5. The molecular formula is C18H13NO5. The van der Waals surface area contributed by atoms with E-state index < -0.39 is 0 Å². The van der Waals surface area contributed by atoms with E-state index in [0.29, 0.717) is 28.2 Å². The van der Waals surface area contributed by atoms with Crippen LogP contribution in [0.25, 0.3) is 11.0 Å². The van der Waals surface area contributed by atoms with E-state index in [1.807, 2.05) is 6.07 Å². The van der Waals surface area contributed by atoms with Crippen molar-refractivity contribution in [1.82, 2.24) is 0 Å². The standard InChI is InChI=1S/C18H13NO5/c1-21-12-2-4-13(5-3-12)24-17-11-23-16-10-14(22-9-8-19)6-7-15(16)18(17)20/h2-7,10-11H,9H2,1H3. The van der Waals surface area contributed by atoms with Crippen molar-refractivity contribution in [3.63, 3.8) is 0 Å². The zero-order valence-corrected chi connectivity index (χ0v) is 12.8. The first-order valence-corrected chi connectivity index (χ1v) is 7.08. The molecule has 0 unspecified atom stereocenters. The van der Waals surface area contributed by atoms with Crippen LogP contribution in [-0.2, 0) is 0 Å². The van der Waals surface area contributed by atoms with E-state index in [9.17, 15) is 4.79 Å². The Bertz CT molecular complexity index is 954. The lowest BCUT2D eigenvalue weighted by Crippen LogP contribution is -2.05. The van der Waals surface area contributed by atoms with Gasteiger partial charge in [-0.1, -0.05) is 0 Å². The van der Waals surface area contributed by atoms with Crippen LogP contribution in [0.3, 0.4) is 0 Å². The first-order valence-electron chi connectivity index (χ1n) is 7.08. The third-order valence-electron chi connectivity index (χ3n) is 3.31. The number of rotatable bonds is 5. The van der Waals surface area contributed by atoms with Crippen LogP contribution in [0, 0.1) is 11.3 Å². The number of nitriles is 1. The summed E-state index contributed by atoms with van der Waals surface area (Å²) >= 11 is 0. The number of benzene rings is 2. The number of hydrogen-bond donors (Lipinski definition) is 0. The summed E-state index contributed by atoms with van der Waals surface area (Å²) in [5, 5.41) is 8.89. The van der Waals surface area contributed by atoms with Crippen LogP contribution in [0.1, 0.15) is 0 Å². The largest absolute Gasteiger partial charge is 0.497 e. The third kappa shape index (κ3) is 3.15. The molecule has 0 fully saturated rings. The minimum atomic E-state index is -0.293. The molecule has 6 heteroatoms. The number of methoxy groups -OCH3 is 1. The minimum Gasteiger partial charge on any atom is -0.497 e. The van der Waals surface area contributed by atoms with E-state index >= 15 is 0 Å². The van der Waals surface area contributed by atoms with Gasteiger partial charge in [0.1, 0.15) is 35.2 Å². The molecule has 3 aromatic rings. The monoisotopic (exact) mass is 323 g/mol. The van der Waals surface area contributed by atoms with E-state index in [-0.39, 0.29) is 17.8 Å². The van der Waals surface area contributed by atoms with Crippen molar-refractivity contribution in [2.45, 2.75) is 0 Å². The fourth-order valence-electron chi connectivity index (χ4n) is 2.14. The first kappa shape index (κ1) is 15.4. The predicted octanol–water partition coefficient (Wildman–Crippen LogP) is 3.50. The maximum absolute atomic E-state index is 12.5. The highest BCUT2D eigenvalue weighted by Gasteiger charge is 2.10. The Kier molecular flexibility index (Phi) is 4.34. The summed E-state index contributed by atoms with van der Waals surface area (Å²) in [6.07, 6.45) is 1.25. The van der Waals surface area contributed by atoms with Crippen LogP contribution < -0.4 is 19.6 Å². The molecule has 0 N–H and O–H groups in total. The normalized spacial score (nSPS) is 10.2. The molecule has 24 heavy (non-hydrogen) atoms. The van der Waals surface area contributed by atoms with Gasteiger partial charge in [-0.05, 0) is 36.4 Å². The molecule has 0 bridgehead atoms. The van der Waals surface area contributed by atoms with Crippen LogP contribution >= 0.6 is 0 Å². The highest BCUT2D eigenvalue weighted by Crippen LogP contribution is 2.25. The van der Waals surface area contributed by atoms with Gasteiger partial charge < -0.3 is 18.6 Å². The summed E-state index contributed by atoms with van der Waals surface area (Å²) in [6.45, 7) is -0.0750. The highest BCUT2D eigenvalue weighted by atomic mass is 16.5. The van der Waals surface area contributed by atoms with Crippen molar-refractivity contribution < 1.29 is 18.6 Å². The Balaban J connectivity index is 1.90. The Morgan fingerprint density at radius 3 is 2.50 bits per heavy atom. The quantitative estimate of drug-likeness (QED) is 0.715. The molecule has 0 spiro atoms. The molecule has 120 valence electrons. The van der Waals surface area contributed by atoms with Crippen LogP contribution in [0.15, 0.2) is 57.9 Å². The molecule has 0 aliphatic heterocycles. The average molecular weight is 323 g/mol. The van der Waals surface area contributed by atoms with Gasteiger partial charge in [0.2, 0.25) is 11.2 Å². The average Bonchev–Trinajstić information content (AvgIpc) is 2.63. The number of ether oxygens (including phenoxy) is 3. The summed E-state index contributed by atoms with van der Waals surface area (Å²) in [7, 11) is 1.57. The van der Waals surface area contributed by atoms with Gasteiger partial charge in [0.05, 0.1) is 12.5 Å². The van der Waals surface area contributed by atoms with Crippen LogP contribution in [0.2, 0.25) is 0 Å². The van der Waals surface area contributed by atoms with Gasteiger partial charge in [0, 0.05) is 6.07 Å². The molecule has 2 aromatic carbocycles. The maximum Gasteiger partial charge on any atom is 0.235 e. The van der Waals surface area contributed by atoms with Crippen molar-refractivity contribution in [3.8, 4) is 29.1 Å². The first-order chi connectivity index (χ1) is 11.7. The molecule has 0 aliphatic carbocycles. The summed E-state index contributed by atoms with van der Waals surface area (Å²) in [6, 6.07) is 13.5. The molecular weight excluding hydrogens is 310 g/mol. The van der Waals surface area contributed by atoms with Gasteiger partial charge in [0.15, 0.2) is 6.61 Å². The molecule has 0 aliphatic rings. The van der Waals surface area contributed by atoms with E-state index in [1.165, 1.54) is 6.26 Å². The highest BCUT2D eigenvalue weighted by molar-refractivity contribution is 5.79. The van der Waals surface area contributed by atoms with Crippen LogP contribution in [0.5, 0.6) is 23.0 Å². The van der Waals surface area contributed by atoms with Crippen LogP contribution in [-0.4, -0.2) is 13.7 Å².